The number of aryl methyl sites for hydroxylation is 1. The van der Waals surface area contributed by atoms with Crippen LogP contribution in [-0.4, -0.2) is 45.1 Å². The molecule has 31 heavy (non-hydrogen) atoms. The van der Waals surface area contributed by atoms with Crippen molar-refractivity contribution in [1.82, 2.24) is 30.3 Å². The standard InChI is InChI=1S/C19H25N7O4S/c1-5-26-12-15(10-21-26)31(28,29)25-14-8-6-13(7-9-14)17-22-16(23-24-17)11-20-18(27)30-19(2,3)4/h6-10,12,25H,5,11H2,1-4H3,(H,20,27)(H,22,23,24). The minimum Gasteiger partial charge on any atom is -0.444 e. The molecule has 0 atom stereocenters. The highest BCUT2D eigenvalue weighted by Gasteiger charge is 2.18. The van der Waals surface area contributed by atoms with Gasteiger partial charge < -0.3 is 10.1 Å². The molecule has 0 fully saturated rings. The van der Waals surface area contributed by atoms with Gasteiger partial charge in [0.25, 0.3) is 10.0 Å². The molecule has 166 valence electrons. The third kappa shape index (κ3) is 6.04. The van der Waals surface area contributed by atoms with E-state index in [1.165, 1.54) is 17.1 Å². The van der Waals surface area contributed by atoms with Gasteiger partial charge in [-0.1, -0.05) is 0 Å². The molecule has 2 aromatic heterocycles. The third-order valence-corrected chi connectivity index (χ3v) is 5.31. The number of hydrogen-bond acceptors (Lipinski definition) is 7. The summed E-state index contributed by atoms with van der Waals surface area (Å²) in [5.41, 5.74) is 0.494. The quantitative estimate of drug-likeness (QED) is 0.505. The van der Waals surface area contributed by atoms with Crippen LogP contribution in [0.3, 0.4) is 0 Å². The number of nitrogens with zero attached hydrogens (tertiary/aromatic N) is 4. The first kappa shape index (κ1) is 22.3. The van der Waals surface area contributed by atoms with Crippen molar-refractivity contribution in [2.45, 2.75) is 51.3 Å². The number of amides is 1. The summed E-state index contributed by atoms with van der Waals surface area (Å²) in [6, 6.07) is 6.63. The molecule has 0 spiro atoms. The van der Waals surface area contributed by atoms with Crippen LogP contribution in [-0.2, 0) is 27.8 Å². The maximum Gasteiger partial charge on any atom is 0.408 e. The number of rotatable bonds is 7. The molecule has 0 aliphatic heterocycles. The predicted octanol–water partition coefficient (Wildman–Crippen LogP) is 2.51. The summed E-state index contributed by atoms with van der Waals surface area (Å²) in [4.78, 5) is 16.1. The smallest absolute Gasteiger partial charge is 0.408 e. The Balaban J connectivity index is 1.62. The molecule has 0 aliphatic rings. The van der Waals surface area contributed by atoms with Crippen LogP contribution >= 0.6 is 0 Å². The largest absolute Gasteiger partial charge is 0.444 e. The number of aromatic amines is 1. The maximum absolute atomic E-state index is 12.5. The van der Waals surface area contributed by atoms with Crippen LogP contribution in [0.1, 0.15) is 33.5 Å². The summed E-state index contributed by atoms with van der Waals surface area (Å²) in [6.07, 6.45) is 2.23. The Kier molecular flexibility index (Phi) is 6.29. The van der Waals surface area contributed by atoms with Crippen molar-refractivity contribution in [3.05, 3.63) is 42.5 Å². The first-order chi connectivity index (χ1) is 14.6. The van der Waals surface area contributed by atoms with Gasteiger partial charge in [0.1, 0.15) is 16.3 Å². The number of nitrogens with one attached hydrogen (secondary N) is 3. The number of ether oxygens (including phenoxy) is 1. The van der Waals surface area contributed by atoms with Crippen LogP contribution in [0.2, 0.25) is 0 Å². The van der Waals surface area contributed by atoms with Gasteiger partial charge >= 0.3 is 6.09 Å². The van der Waals surface area contributed by atoms with E-state index in [0.717, 1.165) is 0 Å². The molecule has 2 heterocycles. The molecule has 0 radical (unpaired) electrons. The predicted molar refractivity (Wildman–Crippen MR) is 114 cm³/mol. The average molecular weight is 448 g/mol. The Bertz CT molecular complexity index is 1140. The highest BCUT2D eigenvalue weighted by Crippen LogP contribution is 2.20. The van der Waals surface area contributed by atoms with Crippen molar-refractivity contribution in [3.63, 3.8) is 0 Å². The highest BCUT2D eigenvalue weighted by molar-refractivity contribution is 7.92. The van der Waals surface area contributed by atoms with E-state index in [1.54, 1.807) is 45.0 Å². The number of hydrogen-bond donors (Lipinski definition) is 3. The lowest BCUT2D eigenvalue weighted by molar-refractivity contribution is 0.0522. The van der Waals surface area contributed by atoms with E-state index in [9.17, 15) is 13.2 Å². The van der Waals surface area contributed by atoms with Gasteiger partial charge in [0.15, 0.2) is 5.82 Å². The molecule has 1 aromatic carbocycles. The van der Waals surface area contributed by atoms with E-state index >= 15 is 0 Å². The van der Waals surface area contributed by atoms with E-state index in [4.69, 9.17) is 4.74 Å². The number of carbonyl (C=O) groups is 1. The molecule has 0 bridgehead atoms. The van der Waals surface area contributed by atoms with Crippen molar-refractivity contribution in [3.8, 4) is 11.4 Å². The summed E-state index contributed by atoms with van der Waals surface area (Å²) < 4.78 is 34.2. The maximum atomic E-state index is 12.5. The SMILES string of the molecule is CCn1cc(S(=O)(=O)Nc2ccc(-c3n[nH]c(CNC(=O)OC(C)(C)C)n3)cc2)cn1. The van der Waals surface area contributed by atoms with E-state index in [-0.39, 0.29) is 11.4 Å². The lowest BCUT2D eigenvalue weighted by Crippen LogP contribution is -2.32. The number of H-pyrrole nitrogens is 1. The van der Waals surface area contributed by atoms with Gasteiger partial charge in [0.2, 0.25) is 0 Å². The van der Waals surface area contributed by atoms with Gasteiger partial charge in [-0.2, -0.15) is 10.2 Å². The van der Waals surface area contributed by atoms with Crippen LogP contribution < -0.4 is 10.0 Å². The van der Waals surface area contributed by atoms with Gasteiger partial charge in [-0.05, 0) is 52.0 Å². The van der Waals surface area contributed by atoms with Crippen LogP contribution in [0.5, 0.6) is 0 Å². The summed E-state index contributed by atoms with van der Waals surface area (Å²) >= 11 is 0. The normalized spacial score (nSPS) is 11.9. The molecular weight excluding hydrogens is 422 g/mol. The molecule has 3 N–H and O–H groups in total. The van der Waals surface area contributed by atoms with Crippen molar-refractivity contribution >= 4 is 21.8 Å². The van der Waals surface area contributed by atoms with Gasteiger partial charge in [0.05, 0.1) is 12.7 Å². The minimum absolute atomic E-state index is 0.0922. The number of anilines is 1. The molecule has 0 saturated carbocycles. The van der Waals surface area contributed by atoms with Crippen molar-refractivity contribution in [1.29, 1.82) is 0 Å². The minimum atomic E-state index is -3.73. The Hall–Kier alpha value is -3.41. The van der Waals surface area contributed by atoms with Crippen LogP contribution in [0, 0.1) is 0 Å². The van der Waals surface area contributed by atoms with Crippen LogP contribution in [0.25, 0.3) is 11.4 Å². The second kappa shape index (κ2) is 8.76. The molecule has 1 amide bonds. The molecule has 3 aromatic rings. The molecule has 0 saturated heterocycles. The van der Waals surface area contributed by atoms with Crippen LogP contribution in [0.15, 0.2) is 41.6 Å². The lowest BCUT2D eigenvalue weighted by atomic mass is 10.2. The van der Waals surface area contributed by atoms with Gasteiger partial charge in [-0.15, -0.1) is 0 Å². The fourth-order valence-electron chi connectivity index (χ4n) is 2.53. The zero-order valence-corrected chi connectivity index (χ0v) is 18.5. The lowest BCUT2D eigenvalue weighted by Gasteiger charge is -2.19. The fourth-order valence-corrected chi connectivity index (χ4v) is 3.54. The Labute approximate surface area is 180 Å². The Morgan fingerprint density at radius 2 is 1.94 bits per heavy atom. The second-order valence-corrected chi connectivity index (χ2v) is 9.36. The number of carbonyl (C=O) groups excluding carboxylic acids is 1. The van der Waals surface area contributed by atoms with E-state index in [1.807, 2.05) is 6.92 Å². The number of benzene rings is 1. The van der Waals surface area contributed by atoms with Gasteiger partial charge in [-0.25, -0.2) is 18.2 Å². The summed E-state index contributed by atoms with van der Waals surface area (Å²) in [7, 11) is -3.73. The third-order valence-electron chi connectivity index (χ3n) is 3.97. The van der Waals surface area contributed by atoms with Crippen LogP contribution in [0.4, 0.5) is 10.5 Å². The summed E-state index contributed by atoms with van der Waals surface area (Å²) in [6.45, 7) is 7.92. The molecule has 0 aliphatic carbocycles. The molecule has 12 heteroatoms. The molecule has 11 nitrogen and oxygen atoms in total. The van der Waals surface area contributed by atoms with E-state index in [0.29, 0.717) is 29.4 Å². The first-order valence-electron chi connectivity index (χ1n) is 9.59. The van der Waals surface area contributed by atoms with Gasteiger partial charge in [0, 0.05) is 24.0 Å². The summed E-state index contributed by atoms with van der Waals surface area (Å²) in [5.74, 6) is 0.873. The number of sulfonamides is 1. The first-order valence-corrected chi connectivity index (χ1v) is 11.1. The zero-order valence-electron chi connectivity index (χ0n) is 17.7. The van der Waals surface area contributed by atoms with Gasteiger partial charge in [-0.3, -0.25) is 14.5 Å². The zero-order chi connectivity index (χ0) is 22.6. The molecular formula is C19H25N7O4S. The van der Waals surface area contributed by atoms with Crippen molar-refractivity contribution in [2.75, 3.05) is 4.72 Å². The van der Waals surface area contributed by atoms with E-state index < -0.39 is 21.7 Å². The fraction of sp³-hybridized carbons (Fsp3) is 0.368. The Morgan fingerprint density at radius 1 is 1.23 bits per heavy atom. The number of alkyl carbamates (subject to hydrolysis) is 1. The second-order valence-electron chi connectivity index (χ2n) is 7.68. The van der Waals surface area contributed by atoms with Crippen molar-refractivity contribution < 1.29 is 17.9 Å². The average Bonchev–Trinajstić information content (AvgIpc) is 3.35. The monoisotopic (exact) mass is 447 g/mol. The van der Waals surface area contributed by atoms with Crippen molar-refractivity contribution in [2.24, 2.45) is 0 Å². The highest BCUT2D eigenvalue weighted by atomic mass is 32.2. The number of aromatic nitrogens is 5. The summed E-state index contributed by atoms with van der Waals surface area (Å²) in [5, 5.41) is 13.5. The Morgan fingerprint density at radius 3 is 2.55 bits per heavy atom. The molecule has 3 rings (SSSR count). The molecule has 0 unspecified atom stereocenters. The van der Waals surface area contributed by atoms with E-state index in [2.05, 4.69) is 30.3 Å². The topological polar surface area (TPSA) is 144 Å².